The maximum absolute atomic E-state index is 12.1. The summed E-state index contributed by atoms with van der Waals surface area (Å²) in [6.45, 7) is 2.87. The van der Waals surface area contributed by atoms with E-state index in [4.69, 9.17) is 9.47 Å². The Kier molecular flexibility index (Phi) is 8.66. The summed E-state index contributed by atoms with van der Waals surface area (Å²) in [6.07, 6.45) is 0.913. The zero-order valence-corrected chi connectivity index (χ0v) is 15.6. The first-order valence-electron chi connectivity index (χ1n) is 8.88. The molecule has 2 aromatic rings. The molecule has 0 spiro atoms. The molecule has 26 heavy (non-hydrogen) atoms. The van der Waals surface area contributed by atoms with Crippen molar-refractivity contribution in [3.8, 4) is 5.75 Å². The fourth-order valence-electron chi connectivity index (χ4n) is 2.58. The summed E-state index contributed by atoms with van der Waals surface area (Å²) in [5.74, 6) is 0.799. The first-order chi connectivity index (χ1) is 12.7. The Morgan fingerprint density at radius 3 is 2.58 bits per heavy atom. The van der Waals surface area contributed by atoms with Crippen LogP contribution in [0.15, 0.2) is 54.6 Å². The highest BCUT2D eigenvalue weighted by molar-refractivity contribution is 5.78. The molecule has 2 aromatic carbocycles. The first kappa shape index (κ1) is 19.9. The van der Waals surface area contributed by atoms with Crippen LogP contribution in [0.1, 0.15) is 17.5 Å². The first-order valence-corrected chi connectivity index (χ1v) is 8.88. The van der Waals surface area contributed by atoms with Crippen LogP contribution in [-0.2, 0) is 22.7 Å². The van der Waals surface area contributed by atoms with Gasteiger partial charge in [0.25, 0.3) is 0 Å². The Morgan fingerprint density at radius 1 is 1.08 bits per heavy atom. The van der Waals surface area contributed by atoms with Crippen LogP contribution in [0.5, 0.6) is 5.75 Å². The van der Waals surface area contributed by atoms with E-state index in [2.05, 4.69) is 5.32 Å². The Balaban J connectivity index is 1.81. The number of benzene rings is 2. The van der Waals surface area contributed by atoms with E-state index < -0.39 is 0 Å². The Labute approximate surface area is 155 Å². The van der Waals surface area contributed by atoms with Gasteiger partial charge in [-0.2, -0.15) is 0 Å². The monoisotopic (exact) mass is 356 g/mol. The number of rotatable bonds is 11. The van der Waals surface area contributed by atoms with Gasteiger partial charge in [-0.3, -0.25) is 9.69 Å². The predicted molar refractivity (Wildman–Crippen MR) is 103 cm³/mol. The minimum atomic E-state index is 0.00257. The van der Waals surface area contributed by atoms with E-state index in [1.165, 1.54) is 0 Å². The van der Waals surface area contributed by atoms with Gasteiger partial charge < -0.3 is 14.8 Å². The second-order valence-corrected chi connectivity index (χ2v) is 6.24. The molecule has 0 saturated heterocycles. The largest absolute Gasteiger partial charge is 0.489 e. The molecule has 0 aromatic heterocycles. The van der Waals surface area contributed by atoms with Crippen LogP contribution in [-0.4, -0.2) is 44.7 Å². The van der Waals surface area contributed by atoms with Gasteiger partial charge in [0, 0.05) is 32.4 Å². The summed E-state index contributed by atoms with van der Waals surface area (Å²) < 4.78 is 11.0. The highest BCUT2D eigenvalue weighted by Gasteiger charge is 2.08. The van der Waals surface area contributed by atoms with Gasteiger partial charge in [-0.15, -0.1) is 0 Å². The number of carbonyl (C=O) groups excluding carboxylic acids is 1. The van der Waals surface area contributed by atoms with E-state index >= 15 is 0 Å². The smallest absolute Gasteiger partial charge is 0.234 e. The second kappa shape index (κ2) is 11.3. The molecule has 140 valence electrons. The summed E-state index contributed by atoms with van der Waals surface area (Å²) in [5, 5.41) is 2.97. The molecule has 0 fully saturated rings. The molecule has 0 heterocycles. The summed E-state index contributed by atoms with van der Waals surface area (Å²) in [7, 11) is 3.62. The molecular weight excluding hydrogens is 328 g/mol. The average Bonchev–Trinajstić information content (AvgIpc) is 2.66. The summed E-state index contributed by atoms with van der Waals surface area (Å²) >= 11 is 0. The fourth-order valence-corrected chi connectivity index (χ4v) is 2.58. The Morgan fingerprint density at radius 2 is 1.81 bits per heavy atom. The number of nitrogens with zero attached hydrogens (tertiary/aromatic N) is 1. The van der Waals surface area contributed by atoms with Crippen molar-refractivity contribution in [2.75, 3.05) is 33.9 Å². The van der Waals surface area contributed by atoms with Crippen molar-refractivity contribution in [3.05, 3.63) is 65.7 Å². The molecule has 5 nitrogen and oxygen atoms in total. The number of hydrogen-bond acceptors (Lipinski definition) is 4. The number of amides is 1. The van der Waals surface area contributed by atoms with Crippen molar-refractivity contribution >= 4 is 5.91 Å². The van der Waals surface area contributed by atoms with Crippen molar-refractivity contribution in [1.82, 2.24) is 10.2 Å². The van der Waals surface area contributed by atoms with Crippen LogP contribution in [0.25, 0.3) is 0 Å². The number of nitrogens with one attached hydrogen (secondary N) is 1. The Bertz CT molecular complexity index is 661. The normalized spacial score (nSPS) is 10.7. The lowest BCUT2D eigenvalue weighted by atomic mass is 10.2. The van der Waals surface area contributed by atoms with E-state index in [-0.39, 0.29) is 5.91 Å². The lowest BCUT2D eigenvalue weighted by Crippen LogP contribution is -2.35. The van der Waals surface area contributed by atoms with Gasteiger partial charge in [0.05, 0.1) is 6.54 Å². The van der Waals surface area contributed by atoms with Crippen LogP contribution in [0, 0.1) is 0 Å². The van der Waals surface area contributed by atoms with Crippen molar-refractivity contribution < 1.29 is 14.3 Å². The number of hydrogen-bond donors (Lipinski definition) is 1. The average molecular weight is 356 g/mol. The Hall–Kier alpha value is -2.37. The van der Waals surface area contributed by atoms with Crippen molar-refractivity contribution in [1.29, 1.82) is 0 Å². The zero-order valence-electron chi connectivity index (χ0n) is 15.6. The molecule has 0 aliphatic rings. The second-order valence-electron chi connectivity index (χ2n) is 6.24. The van der Waals surface area contributed by atoms with Gasteiger partial charge in [-0.1, -0.05) is 48.5 Å². The molecule has 5 heteroatoms. The predicted octanol–water partition coefficient (Wildman–Crippen LogP) is 2.85. The maximum Gasteiger partial charge on any atom is 0.234 e. The van der Waals surface area contributed by atoms with E-state index in [1.807, 2.05) is 66.5 Å². The summed E-state index contributed by atoms with van der Waals surface area (Å²) in [4.78, 5) is 14.1. The zero-order chi connectivity index (χ0) is 18.6. The molecule has 2 rings (SSSR count). The van der Waals surface area contributed by atoms with Crippen molar-refractivity contribution in [3.63, 3.8) is 0 Å². The highest BCUT2D eigenvalue weighted by Crippen LogP contribution is 2.19. The third-order valence-electron chi connectivity index (χ3n) is 3.99. The third kappa shape index (κ3) is 7.25. The van der Waals surface area contributed by atoms with Crippen LogP contribution < -0.4 is 10.1 Å². The molecule has 0 aliphatic heterocycles. The van der Waals surface area contributed by atoms with Gasteiger partial charge in [0.1, 0.15) is 12.4 Å². The summed E-state index contributed by atoms with van der Waals surface area (Å²) in [5.41, 5.74) is 2.09. The lowest BCUT2D eigenvalue weighted by Gasteiger charge is -2.16. The number of methoxy groups -OCH3 is 1. The number of likely N-dealkylation sites (N-methyl/N-ethyl adjacent to an activating group) is 1. The van der Waals surface area contributed by atoms with E-state index in [1.54, 1.807) is 7.11 Å². The lowest BCUT2D eigenvalue weighted by molar-refractivity contribution is -0.122. The van der Waals surface area contributed by atoms with Crippen LogP contribution in [0.3, 0.4) is 0 Å². The van der Waals surface area contributed by atoms with Gasteiger partial charge in [0.2, 0.25) is 5.91 Å². The highest BCUT2D eigenvalue weighted by atomic mass is 16.5. The standard InChI is InChI=1S/C21H28N2O3/c1-23(13-8-14-25-2)16-21(24)22-15-19-11-6-7-12-20(19)26-17-18-9-4-3-5-10-18/h3-7,9-12H,8,13-17H2,1-2H3,(H,22,24). The SMILES string of the molecule is COCCCN(C)CC(=O)NCc1ccccc1OCc1ccccc1. The van der Waals surface area contributed by atoms with Crippen LogP contribution in [0.2, 0.25) is 0 Å². The molecule has 0 unspecified atom stereocenters. The topological polar surface area (TPSA) is 50.8 Å². The molecule has 1 N–H and O–H groups in total. The minimum absolute atomic E-state index is 0.00257. The number of ether oxygens (including phenoxy) is 2. The quantitative estimate of drug-likeness (QED) is 0.629. The van der Waals surface area contributed by atoms with Crippen LogP contribution >= 0.6 is 0 Å². The molecule has 0 atom stereocenters. The van der Waals surface area contributed by atoms with Gasteiger partial charge >= 0.3 is 0 Å². The molecule has 0 radical (unpaired) electrons. The fraction of sp³-hybridized carbons (Fsp3) is 0.381. The molecule has 0 aliphatic carbocycles. The van der Waals surface area contributed by atoms with Crippen molar-refractivity contribution in [2.45, 2.75) is 19.6 Å². The van der Waals surface area contributed by atoms with Crippen molar-refractivity contribution in [2.24, 2.45) is 0 Å². The molecule has 1 amide bonds. The van der Waals surface area contributed by atoms with E-state index in [0.29, 0.717) is 26.3 Å². The van der Waals surface area contributed by atoms with Gasteiger partial charge in [-0.25, -0.2) is 0 Å². The molecule has 0 saturated carbocycles. The molecule has 0 bridgehead atoms. The minimum Gasteiger partial charge on any atom is -0.489 e. The summed E-state index contributed by atoms with van der Waals surface area (Å²) in [6, 6.07) is 17.8. The van der Waals surface area contributed by atoms with E-state index in [9.17, 15) is 4.79 Å². The molecular formula is C21H28N2O3. The van der Waals surface area contributed by atoms with Gasteiger partial charge in [0.15, 0.2) is 0 Å². The third-order valence-corrected chi connectivity index (χ3v) is 3.99. The van der Waals surface area contributed by atoms with E-state index in [0.717, 1.165) is 29.8 Å². The van der Waals surface area contributed by atoms with Crippen LogP contribution in [0.4, 0.5) is 0 Å². The van der Waals surface area contributed by atoms with Gasteiger partial charge in [-0.05, 0) is 25.1 Å². The number of para-hydroxylation sites is 1. The number of carbonyl (C=O) groups is 1. The maximum atomic E-state index is 12.1.